The monoisotopic (exact) mass is 325 g/mol. The summed E-state index contributed by atoms with van der Waals surface area (Å²) in [6.45, 7) is 8.93. The Balaban J connectivity index is 2.40. The second kappa shape index (κ2) is 5.90. The molecule has 1 aromatic heterocycles. The Morgan fingerprint density at radius 2 is 1.90 bits per heavy atom. The smallest absolute Gasteiger partial charge is 0.153 e. The number of anilines is 1. The van der Waals surface area contributed by atoms with Gasteiger partial charge in [-0.1, -0.05) is 57.0 Å². The number of rotatable bonds is 3. The summed E-state index contributed by atoms with van der Waals surface area (Å²) in [5.41, 5.74) is 9.14. The number of aromatic amines is 1. The van der Waals surface area contributed by atoms with Gasteiger partial charge >= 0.3 is 0 Å². The highest BCUT2D eigenvalue weighted by Gasteiger charge is 2.23. The highest BCUT2D eigenvalue weighted by Crippen LogP contribution is 2.36. The summed E-state index contributed by atoms with van der Waals surface area (Å²) in [4.78, 5) is 0. The Labute approximate surface area is 135 Å². The number of nitrogens with zero attached hydrogens (tertiary/aromatic N) is 1. The molecule has 0 fully saturated rings. The third kappa shape index (κ3) is 3.53. The molecule has 0 aliphatic rings. The van der Waals surface area contributed by atoms with Gasteiger partial charge in [-0.25, -0.2) is 0 Å². The van der Waals surface area contributed by atoms with Crippen LogP contribution in [0.2, 0.25) is 10.0 Å². The number of aromatic nitrogens is 2. The van der Waals surface area contributed by atoms with Crippen LogP contribution in [0, 0.1) is 11.3 Å². The largest absolute Gasteiger partial charge is 0.382 e. The normalized spacial score (nSPS) is 13.4. The van der Waals surface area contributed by atoms with Crippen molar-refractivity contribution < 1.29 is 0 Å². The molecule has 3 N–H and O–H groups in total. The molecule has 3 nitrogen and oxygen atoms in total. The molecule has 21 heavy (non-hydrogen) atoms. The quantitative estimate of drug-likeness (QED) is 0.815. The zero-order valence-electron chi connectivity index (χ0n) is 12.8. The second-order valence-corrected chi connectivity index (χ2v) is 7.38. The van der Waals surface area contributed by atoms with Crippen molar-refractivity contribution in [3.05, 3.63) is 33.9 Å². The van der Waals surface area contributed by atoms with Crippen molar-refractivity contribution in [1.82, 2.24) is 10.2 Å². The molecule has 1 heterocycles. The molecule has 0 aliphatic heterocycles. The van der Waals surface area contributed by atoms with Crippen LogP contribution in [-0.4, -0.2) is 10.2 Å². The van der Waals surface area contributed by atoms with Crippen molar-refractivity contribution in [2.24, 2.45) is 11.3 Å². The van der Waals surface area contributed by atoms with Crippen LogP contribution in [0.1, 0.15) is 33.4 Å². The molecule has 1 aromatic carbocycles. The van der Waals surface area contributed by atoms with Gasteiger partial charge in [-0.15, -0.1) is 0 Å². The lowest BCUT2D eigenvalue weighted by Crippen LogP contribution is -2.19. The van der Waals surface area contributed by atoms with Crippen molar-refractivity contribution >= 4 is 29.0 Å². The maximum absolute atomic E-state index is 6.11. The van der Waals surface area contributed by atoms with E-state index in [0.29, 0.717) is 21.8 Å². The van der Waals surface area contributed by atoms with E-state index in [2.05, 4.69) is 37.9 Å². The molecule has 2 aromatic rings. The zero-order valence-corrected chi connectivity index (χ0v) is 14.3. The lowest BCUT2D eigenvalue weighted by atomic mass is 9.79. The van der Waals surface area contributed by atoms with Crippen molar-refractivity contribution in [3.8, 4) is 11.1 Å². The molecule has 5 heteroatoms. The Morgan fingerprint density at radius 3 is 2.48 bits per heavy atom. The Morgan fingerprint density at radius 1 is 1.24 bits per heavy atom. The van der Waals surface area contributed by atoms with E-state index in [-0.39, 0.29) is 5.41 Å². The molecular weight excluding hydrogens is 305 g/mol. The predicted molar refractivity (Wildman–Crippen MR) is 90.8 cm³/mol. The second-order valence-electron chi connectivity index (χ2n) is 6.56. The Kier molecular flexibility index (Phi) is 4.54. The summed E-state index contributed by atoms with van der Waals surface area (Å²) >= 11 is 12.1. The third-order valence-corrected chi connectivity index (χ3v) is 4.81. The minimum atomic E-state index is 0.217. The van der Waals surface area contributed by atoms with E-state index in [1.54, 1.807) is 6.07 Å². The SMILES string of the molecule is CC(Cc1[nH]nc(N)c1-c1ccc(Cl)c(Cl)c1)C(C)(C)C. The van der Waals surface area contributed by atoms with Gasteiger partial charge in [0.1, 0.15) is 0 Å². The zero-order chi connectivity index (χ0) is 15.8. The van der Waals surface area contributed by atoms with Gasteiger partial charge in [0.2, 0.25) is 0 Å². The van der Waals surface area contributed by atoms with E-state index in [9.17, 15) is 0 Å². The molecular formula is C16H21Cl2N3. The number of hydrogen-bond donors (Lipinski definition) is 2. The molecule has 0 amide bonds. The minimum absolute atomic E-state index is 0.217. The van der Waals surface area contributed by atoms with Crippen LogP contribution in [0.25, 0.3) is 11.1 Å². The fraction of sp³-hybridized carbons (Fsp3) is 0.438. The topological polar surface area (TPSA) is 54.7 Å². The Hall–Kier alpha value is -1.19. The maximum atomic E-state index is 6.11. The van der Waals surface area contributed by atoms with Crippen molar-refractivity contribution in [2.75, 3.05) is 5.73 Å². The van der Waals surface area contributed by atoms with Crippen LogP contribution in [0.3, 0.4) is 0 Å². The number of benzene rings is 1. The van der Waals surface area contributed by atoms with Gasteiger partial charge in [0.15, 0.2) is 5.82 Å². The van der Waals surface area contributed by atoms with E-state index in [4.69, 9.17) is 28.9 Å². The van der Waals surface area contributed by atoms with Crippen LogP contribution in [-0.2, 0) is 6.42 Å². The van der Waals surface area contributed by atoms with E-state index in [1.165, 1.54) is 0 Å². The Bertz CT molecular complexity index is 641. The van der Waals surface area contributed by atoms with E-state index < -0.39 is 0 Å². The summed E-state index contributed by atoms with van der Waals surface area (Å²) in [5, 5.41) is 8.27. The fourth-order valence-corrected chi connectivity index (χ4v) is 2.43. The molecule has 1 unspecified atom stereocenters. The van der Waals surface area contributed by atoms with Gasteiger partial charge in [0, 0.05) is 11.3 Å². The van der Waals surface area contributed by atoms with E-state index in [1.807, 2.05) is 12.1 Å². The minimum Gasteiger partial charge on any atom is -0.382 e. The van der Waals surface area contributed by atoms with Crippen molar-refractivity contribution in [3.63, 3.8) is 0 Å². The van der Waals surface area contributed by atoms with Crippen molar-refractivity contribution in [2.45, 2.75) is 34.1 Å². The standard InChI is InChI=1S/C16H21Cl2N3/c1-9(16(2,3)4)7-13-14(15(19)21-20-13)10-5-6-11(17)12(18)8-10/h5-6,8-9H,7H2,1-4H3,(H3,19,20,21). The molecule has 2 rings (SSSR count). The van der Waals surface area contributed by atoms with Crippen LogP contribution in [0.15, 0.2) is 18.2 Å². The van der Waals surface area contributed by atoms with E-state index >= 15 is 0 Å². The number of halogens is 2. The number of hydrogen-bond acceptors (Lipinski definition) is 2. The summed E-state index contributed by atoms with van der Waals surface area (Å²) in [6.07, 6.45) is 0.878. The average Bonchev–Trinajstić information content (AvgIpc) is 2.73. The first-order valence-corrected chi connectivity index (χ1v) is 7.74. The summed E-state index contributed by atoms with van der Waals surface area (Å²) < 4.78 is 0. The highest BCUT2D eigenvalue weighted by molar-refractivity contribution is 6.42. The van der Waals surface area contributed by atoms with Crippen LogP contribution < -0.4 is 5.73 Å². The average molecular weight is 326 g/mol. The van der Waals surface area contributed by atoms with Crippen LogP contribution in [0.5, 0.6) is 0 Å². The molecule has 1 atom stereocenters. The molecule has 0 spiro atoms. The third-order valence-electron chi connectivity index (χ3n) is 4.07. The first-order chi connectivity index (χ1) is 9.70. The number of H-pyrrole nitrogens is 1. The fourth-order valence-electron chi connectivity index (χ4n) is 2.13. The number of nitrogens with one attached hydrogen (secondary N) is 1. The van der Waals surface area contributed by atoms with Crippen LogP contribution in [0.4, 0.5) is 5.82 Å². The van der Waals surface area contributed by atoms with Gasteiger partial charge in [-0.2, -0.15) is 5.10 Å². The van der Waals surface area contributed by atoms with Gasteiger partial charge in [0.05, 0.1) is 10.0 Å². The lowest BCUT2D eigenvalue weighted by molar-refractivity contribution is 0.258. The summed E-state index contributed by atoms with van der Waals surface area (Å²) in [5.74, 6) is 0.975. The molecule has 0 aliphatic carbocycles. The summed E-state index contributed by atoms with van der Waals surface area (Å²) in [6, 6.07) is 5.53. The molecule has 0 saturated carbocycles. The number of nitrogen functional groups attached to an aromatic ring is 1. The first-order valence-electron chi connectivity index (χ1n) is 6.98. The maximum Gasteiger partial charge on any atom is 0.153 e. The van der Waals surface area contributed by atoms with Gasteiger partial charge < -0.3 is 5.73 Å². The van der Waals surface area contributed by atoms with Gasteiger partial charge in [-0.3, -0.25) is 5.10 Å². The molecule has 0 bridgehead atoms. The summed E-state index contributed by atoms with van der Waals surface area (Å²) in [7, 11) is 0. The van der Waals surface area contributed by atoms with E-state index in [0.717, 1.165) is 23.2 Å². The lowest BCUT2D eigenvalue weighted by Gasteiger charge is -2.27. The molecule has 114 valence electrons. The number of nitrogens with two attached hydrogens (primary N) is 1. The van der Waals surface area contributed by atoms with Gasteiger partial charge in [0.25, 0.3) is 0 Å². The first kappa shape index (κ1) is 16.2. The molecule has 0 saturated heterocycles. The van der Waals surface area contributed by atoms with Gasteiger partial charge in [-0.05, 0) is 35.4 Å². The van der Waals surface area contributed by atoms with Crippen molar-refractivity contribution in [1.29, 1.82) is 0 Å². The van der Waals surface area contributed by atoms with Crippen LogP contribution >= 0.6 is 23.2 Å². The molecule has 0 radical (unpaired) electrons. The highest BCUT2D eigenvalue weighted by atomic mass is 35.5. The predicted octanol–water partition coefficient (Wildman–Crippen LogP) is 5.19.